The minimum absolute atomic E-state index is 0.0737. The number of nitrogens with zero attached hydrogens (tertiary/aromatic N) is 3. The summed E-state index contributed by atoms with van der Waals surface area (Å²) >= 11 is 1.48. The van der Waals surface area contributed by atoms with Gasteiger partial charge in [0.25, 0.3) is 0 Å². The van der Waals surface area contributed by atoms with Gasteiger partial charge in [-0.25, -0.2) is 8.42 Å². The molecule has 1 aromatic carbocycles. The molecule has 0 radical (unpaired) electrons. The van der Waals surface area contributed by atoms with Gasteiger partial charge in [0.15, 0.2) is 9.84 Å². The Bertz CT molecular complexity index is 1160. The molecule has 1 aliphatic rings. The molecule has 3 aromatic rings. The van der Waals surface area contributed by atoms with Gasteiger partial charge in [-0.1, -0.05) is 12.1 Å². The highest BCUT2D eigenvalue weighted by atomic mass is 32.2. The number of amidine groups is 1. The molecule has 3 heterocycles. The first-order chi connectivity index (χ1) is 13.1. The van der Waals surface area contributed by atoms with Crippen molar-refractivity contribution in [3.8, 4) is 22.6 Å². The summed E-state index contributed by atoms with van der Waals surface area (Å²) in [5.74, 6) is 0.521. The first-order valence-corrected chi connectivity index (χ1v) is 11.2. The molecule has 0 saturated carbocycles. The van der Waals surface area contributed by atoms with Crippen molar-refractivity contribution in [1.29, 1.82) is 0 Å². The Balaban J connectivity index is 1.73. The van der Waals surface area contributed by atoms with E-state index in [-0.39, 0.29) is 11.6 Å². The lowest BCUT2D eigenvalue weighted by Gasteiger charge is -2.37. The van der Waals surface area contributed by atoms with Crippen LogP contribution in [0.5, 0.6) is 0 Å². The van der Waals surface area contributed by atoms with E-state index in [9.17, 15) is 8.42 Å². The maximum absolute atomic E-state index is 12.8. The van der Waals surface area contributed by atoms with E-state index < -0.39 is 20.1 Å². The fourth-order valence-corrected chi connectivity index (χ4v) is 5.97. The van der Waals surface area contributed by atoms with Crippen molar-refractivity contribution in [3.63, 3.8) is 0 Å². The SMILES string of the molecule is CC1(c2cc(-c3cccc(-c4nnco4)c3)cs2)CS(=O)(=O)C(C)(C)C(N)=N1. The normalized spacial score (nSPS) is 23.3. The highest BCUT2D eigenvalue weighted by Crippen LogP contribution is 2.41. The number of hydrogen-bond donors (Lipinski definition) is 1. The molecule has 1 aliphatic heterocycles. The fraction of sp³-hybridized carbons (Fsp3) is 0.316. The standard InChI is InChI=1S/C19H20N4O3S2/c1-18(2)17(20)22-19(3,10-28(18,24)25)15-8-14(9-27-15)12-5-4-6-13(7-12)16-23-21-11-26-16/h4-9,11H,10H2,1-3H3,(H2,20,22). The second-order valence-electron chi connectivity index (χ2n) is 7.56. The summed E-state index contributed by atoms with van der Waals surface area (Å²) in [6.45, 7) is 5.02. The Kier molecular flexibility index (Phi) is 4.20. The molecule has 0 fully saturated rings. The molecule has 2 N–H and O–H groups in total. The molecule has 0 spiro atoms. The summed E-state index contributed by atoms with van der Waals surface area (Å²) in [5.41, 5.74) is 7.91. The van der Waals surface area contributed by atoms with Gasteiger partial charge in [0.1, 0.15) is 16.1 Å². The molecule has 146 valence electrons. The zero-order chi connectivity index (χ0) is 20.2. The second-order valence-corrected chi connectivity index (χ2v) is 11.0. The van der Waals surface area contributed by atoms with Crippen molar-refractivity contribution in [2.24, 2.45) is 10.7 Å². The van der Waals surface area contributed by atoms with E-state index in [2.05, 4.69) is 15.2 Å². The van der Waals surface area contributed by atoms with Crippen LogP contribution in [-0.4, -0.2) is 35.0 Å². The predicted octanol–water partition coefficient (Wildman–Crippen LogP) is 3.24. The summed E-state index contributed by atoms with van der Waals surface area (Å²) in [6, 6.07) is 9.72. The first kappa shape index (κ1) is 18.8. The van der Waals surface area contributed by atoms with E-state index in [0.717, 1.165) is 21.6 Å². The van der Waals surface area contributed by atoms with Crippen LogP contribution in [0.25, 0.3) is 22.6 Å². The van der Waals surface area contributed by atoms with Crippen molar-refractivity contribution in [3.05, 3.63) is 47.0 Å². The zero-order valence-corrected chi connectivity index (χ0v) is 17.3. The molecule has 1 atom stereocenters. The summed E-state index contributed by atoms with van der Waals surface area (Å²) < 4.78 is 29.7. The van der Waals surface area contributed by atoms with E-state index >= 15 is 0 Å². The van der Waals surface area contributed by atoms with Crippen LogP contribution < -0.4 is 5.73 Å². The van der Waals surface area contributed by atoms with Gasteiger partial charge in [-0.05, 0) is 55.5 Å². The third-order valence-electron chi connectivity index (χ3n) is 5.17. The smallest absolute Gasteiger partial charge is 0.247 e. The zero-order valence-electron chi connectivity index (χ0n) is 15.7. The van der Waals surface area contributed by atoms with Gasteiger partial charge < -0.3 is 10.2 Å². The molecule has 0 aliphatic carbocycles. The van der Waals surface area contributed by atoms with Crippen molar-refractivity contribution in [1.82, 2.24) is 10.2 Å². The number of aromatic nitrogens is 2. The van der Waals surface area contributed by atoms with Gasteiger partial charge in [0.05, 0.1) is 5.75 Å². The molecule has 4 rings (SSSR count). The average Bonchev–Trinajstić information content (AvgIpc) is 3.32. The maximum Gasteiger partial charge on any atom is 0.247 e. The maximum atomic E-state index is 12.8. The minimum Gasteiger partial charge on any atom is -0.423 e. The van der Waals surface area contributed by atoms with E-state index in [4.69, 9.17) is 10.2 Å². The van der Waals surface area contributed by atoms with Crippen LogP contribution in [0.1, 0.15) is 25.6 Å². The summed E-state index contributed by atoms with van der Waals surface area (Å²) in [5, 5.41) is 9.64. The van der Waals surface area contributed by atoms with Gasteiger partial charge in [-0.2, -0.15) is 0 Å². The lowest BCUT2D eigenvalue weighted by atomic mass is 9.99. The highest BCUT2D eigenvalue weighted by molar-refractivity contribution is 7.93. The van der Waals surface area contributed by atoms with E-state index in [1.165, 1.54) is 17.7 Å². The molecule has 0 saturated heterocycles. The highest BCUT2D eigenvalue weighted by Gasteiger charge is 2.49. The van der Waals surface area contributed by atoms with Crippen molar-refractivity contribution in [2.45, 2.75) is 31.1 Å². The molecule has 7 nitrogen and oxygen atoms in total. The predicted molar refractivity (Wildman–Crippen MR) is 110 cm³/mol. The average molecular weight is 417 g/mol. The summed E-state index contributed by atoms with van der Waals surface area (Å²) in [4.78, 5) is 5.44. The van der Waals surface area contributed by atoms with Gasteiger partial charge in [-0.15, -0.1) is 21.5 Å². The van der Waals surface area contributed by atoms with Crippen LogP contribution in [0.3, 0.4) is 0 Å². The van der Waals surface area contributed by atoms with Gasteiger partial charge in [0.2, 0.25) is 12.3 Å². The summed E-state index contributed by atoms with van der Waals surface area (Å²) in [6.07, 6.45) is 1.29. The molecule has 9 heteroatoms. The van der Waals surface area contributed by atoms with Gasteiger partial charge >= 0.3 is 0 Å². The number of hydrogen-bond acceptors (Lipinski definition) is 8. The quantitative estimate of drug-likeness (QED) is 0.701. The van der Waals surface area contributed by atoms with Crippen LogP contribution in [0.2, 0.25) is 0 Å². The third kappa shape index (κ3) is 2.94. The molecule has 28 heavy (non-hydrogen) atoms. The number of thiophene rings is 1. The van der Waals surface area contributed by atoms with Crippen LogP contribution in [0.15, 0.2) is 51.5 Å². The third-order valence-corrected chi connectivity index (χ3v) is 9.06. The Morgan fingerprint density at radius 1 is 1.14 bits per heavy atom. The number of sulfone groups is 1. The fourth-order valence-electron chi connectivity index (χ4n) is 3.17. The Morgan fingerprint density at radius 3 is 2.57 bits per heavy atom. The molecule has 0 amide bonds. The molecular weight excluding hydrogens is 396 g/mol. The van der Waals surface area contributed by atoms with Crippen molar-refractivity contribution >= 4 is 27.0 Å². The molecular formula is C19H20N4O3S2. The van der Waals surface area contributed by atoms with Gasteiger partial charge in [-0.3, -0.25) is 4.99 Å². The van der Waals surface area contributed by atoms with Crippen LogP contribution in [0.4, 0.5) is 0 Å². The Morgan fingerprint density at radius 2 is 1.89 bits per heavy atom. The molecule has 0 bridgehead atoms. The lowest BCUT2D eigenvalue weighted by molar-refractivity contribution is 0.507. The van der Waals surface area contributed by atoms with E-state index in [0.29, 0.717) is 5.89 Å². The number of nitrogens with two attached hydrogens (primary N) is 1. The minimum atomic E-state index is -3.43. The number of benzene rings is 1. The van der Waals surface area contributed by atoms with E-state index in [1.54, 1.807) is 13.8 Å². The van der Waals surface area contributed by atoms with Crippen molar-refractivity contribution < 1.29 is 12.8 Å². The van der Waals surface area contributed by atoms with Crippen LogP contribution >= 0.6 is 11.3 Å². The largest absolute Gasteiger partial charge is 0.423 e. The van der Waals surface area contributed by atoms with Crippen LogP contribution in [0, 0.1) is 0 Å². The topological polar surface area (TPSA) is 111 Å². The van der Waals surface area contributed by atoms with Crippen molar-refractivity contribution in [2.75, 3.05) is 5.75 Å². The van der Waals surface area contributed by atoms with Gasteiger partial charge in [0, 0.05) is 10.4 Å². The van der Waals surface area contributed by atoms with E-state index in [1.807, 2.05) is 42.6 Å². The van der Waals surface area contributed by atoms with Crippen LogP contribution in [-0.2, 0) is 15.4 Å². The molecule has 1 unspecified atom stereocenters. The first-order valence-electron chi connectivity index (χ1n) is 8.66. The second kappa shape index (κ2) is 6.25. The monoisotopic (exact) mass is 416 g/mol. The Labute approximate surface area is 167 Å². The number of rotatable bonds is 3. The molecule has 2 aromatic heterocycles. The Hall–Kier alpha value is -2.52. The lowest BCUT2D eigenvalue weighted by Crippen LogP contribution is -2.54. The number of aliphatic imine (C=N–C) groups is 1. The summed E-state index contributed by atoms with van der Waals surface area (Å²) in [7, 11) is -3.43.